The van der Waals surface area contributed by atoms with Gasteiger partial charge in [0, 0.05) is 58.3 Å². The summed E-state index contributed by atoms with van der Waals surface area (Å²) >= 11 is 12.1. The quantitative estimate of drug-likeness (QED) is 0.186. The van der Waals surface area contributed by atoms with Crippen LogP contribution in [-0.4, -0.2) is 4.57 Å². The molecule has 2 nitrogen and oxygen atoms in total. The summed E-state index contributed by atoms with van der Waals surface area (Å²) in [5.74, 6) is 0. The van der Waals surface area contributed by atoms with E-state index >= 15 is 0 Å². The number of furan rings is 1. The molecule has 5 heteroatoms. The van der Waals surface area contributed by atoms with Crippen molar-refractivity contribution in [2.24, 2.45) is 0 Å². The molecule has 41 heavy (non-hydrogen) atoms. The molecule has 0 aliphatic carbocycles. The maximum atomic E-state index is 6.58. The summed E-state index contributed by atoms with van der Waals surface area (Å²) in [5.41, 5.74) is 7.54. The molecular weight excluding hydrogens is 610 g/mol. The van der Waals surface area contributed by atoms with Crippen molar-refractivity contribution in [3.8, 4) is 16.8 Å². The van der Waals surface area contributed by atoms with Gasteiger partial charge in [-0.25, -0.2) is 0 Å². The van der Waals surface area contributed by atoms with Crippen molar-refractivity contribution in [1.29, 1.82) is 0 Å². The number of hydrogen-bond donors (Lipinski definition) is 0. The van der Waals surface area contributed by atoms with Crippen molar-refractivity contribution >= 4 is 103 Å². The monoisotopic (exact) mass is 627 g/mol. The van der Waals surface area contributed by atoms with E-state index in [1.165, 1.54) is 47.5 Å². The molecular formula is C36H19BrClNOS. The second-order valence-corrected chi connectivity index (χ2v) is 12.8. The second-order valence-electron chi connectivity index (χ2n) is 10.4. The molecule has 0 bridgehead atoms. The Kier molecular flexibility index (Phi) is 5.01. The maximum Gasteiger partial charge on any atom is 0.137 e. The van der Waals surface area contributed by atoms with Crippen LogP contribution in [0.5, 0.6) is 0 Å². The Balaban J connectivity index is 1.47. The van der Waals surface area contributed by atoms with Crippen molar-refractivity contribution in [2.75, 3.05) is 0 Å². The van der Waals surface area contributed by atoms with Crippen LogP contribution in [0.3, 0.4) is 0 Å². The highest BCUT2D eigenvalue weighted by Gasteiger charge is 2.22. The first kappa shape index (κ1) is 23.6. The summed E-state index contributed by atoms with van der Waals surface area (Å²) < 4.78 is 12.2. The van der Waals surface area contributed by atoms with Gasteiger partial charge in [-0.2, -0.15) is 0 Å². The molecule has 0 aliphatic rings. The van der Waals surface area contributed by atoms with Crippen LogP contribution in [0.1, 0.15) is 0 Å². The van der Waals surface area contributed by atoms with E-state index in [1.54, 1.807) is 0 Å². The Bertz CT molecular complexity index is 2500. The van der Waals surface area contributed by atoms with E-state index in [9.17, 15) is 0 Å². The van der Waals surface area contributed by atoms with Crippen molar-refractivity contribution in [2.45, 2.75) is 0 Å². The van der Waals surface area contributed by atoms with Crippen LogP contribution in [0.25, 0.3) is 80.7 Å². The van der Waals surface area contributed by atoms with Crippen LogP contribution < -0.4 is 0 Å². The molecule has 0 atom stereocenters. The smallest absolute Gasteiger partial charge is 0.137 e. The van der Waals surface area contributed by atoms with Gasteiger partial charge in [0.15, 0.2) is 0 Å². The molecule has 0 N–H and O–H groups in total. The van der Waals surface area contributed by atoms with Crippen molar-refractivity contribution in [3.63, 3.8) is 0 Å². The molecule has 194 valence electrons. The minimum Gasteiger partial charge on any atom is -0.456 e. The predicted octanol–water partition coefficient (Wildman–Crippen LogP) is 12.1. The second kappa shape index (κ2) is 8.70. The minimum absolute atomic E-state index is 0.712. The van der Waals surface area contributed by atoms with Gasteiger partial charge in [-0.05, 0) is 65.7 Å². The summed E-state index contributed by atoms with van der Waals surface area (Å²) in [6.07, 6.45) is 0. The van der Waals surface area contributed by atoms with Gasteiger partial charge >= 0.3 is 0 Å². The first-order chi connectivity index (χ1) is 20.1. The average molecular weight is 629 g/mol. The van der Waals surface area contributed by atoms with E-state index < -0.39 is 0 Å². The summed E-state index contributed by atoms with van der Waals surface area (Å²) in [5, 5.41) is 7.92. The van der Waals surface area contributed by atoms with Gasteiger partial charge in [-0.1, -0.05) is 82.1 Å². The van der Waals surface area contributed by atoms with Crippen LogP contribution in [-0.2, 0) is 0 Å². The summed E-state index contributed by atoms with van der Waals surface area (Å²) in [7, 11) is 0. The van der Waals surface area contributed by atoms with E-state index in [4.69, 9.17) is 16.0 Å². The molecule has 9 rings (SSSR count). The number of para-hydroxylation sites is 2. The molecule has 6 aromatic carbocycles. The van der Waals surface area contributed by atoms with E-state index in [-0.39, 0.29) is 0 Å². The maximum absolute atomic E-state index is 6.58. The van der Waals surface area contributed by atoms with Crippen molar-refractivity contribution in [3.05, 3.63) is 125 Å². The highest BCUT2D eigenvalue weighted by molar-refractivity contribution is 9.10. The van der Waals surface area contributed by atoms with Gasteiger partial charge in [0.2, 0.25) is 0 Å². The fourth-order valence-corrected chi connectivity index (χ4v) is 8.52. The zero-order valence-electron chi connectivity index (χ0n) is 21.5. The Morgan fingerprint density at radius 3 is 2.29 bits per heavy atom. The van der Waals surface area contributed by atoms with E-state index in [1.807, 2.05) is 29.5 Å². The molecule has 0 radical (unpaired) electrons. The Hall–Kier alpha value is -4.09. The topological polar surface area (TPSA) is 18.1 Å². The number of hydrogen-bond acceptors (Lipinski definition) is 2. The first-order valence-corrected chi connectivity index (χ1v) is 15.4. The fraction of sp³-hybridized carbons (Fsp3) is 0. The Labute approximate surface area is 252 Å². The molecule has 9 aromatic rings. The third-order valence-electron chi connectivity index (χ3n) is 8.08. The first-order valence-electron chi connectivity index (χ1n) is 13.4. The lowest BCUT2D eigenvalue weighted by Gasteiger charge is -2.11. The number of halogens is 2. The largest absolute Gasteiger partial charge is 0.456 e. The summed E-state index contributed by atoms with van der Waals surface area (Å²) in [6, 6.07) is 40.7. The predicted molar refractivity (Wildman–Crippen MR) is 179 cm³/mol. The molecule has 0 saturated heterocycles. The summed E-state index contributed by atoms with van der Waals surface area (Å²) in [6.45, 7) is 0. The lowest BCUT2D eigenvalue weighted by Crippen LogP contribution is -1.94. The SMILES string of the molecule is Clc1cc(Br)cc(-c2cc3c4ccccc4n(-c4ccc5c(c4)oc4ccccc45)c3c3sc4ccccc4c23)c1. The zero-order valence-corrected chi connectivity index (χ0v) is 24.6. The number of benzene rings is 6. The number of rotatable bonds is 2. The third-order valence-corrected chi connectivity index (χ3v) is 9.93. The Morgan fingerprint density at radius 1 is 0.659 bits per heavy atom. The van der Waals surface area contributed by atoms with Crippen LogP contribution >= 0.6 is 38.9 Å². The van der Waals surface area contributed by atoms with Gasteiger partial charge < -0.3 is 8.98 Å². The van der Waals surface area contributed by atoms with Gasteiger partial charge in [-0.3, -0.25) is 0 Å². The van der Waals surface area contributed by atoms with E-state index in [0.717, 1.165) is 37.7 Å². The molecule has 3 aromatic heterocycles. The molecule has 3 heterocycles. The lowest BCUT2D eigenvalue weighted by molar-refractivity contribution is 0.668. The van der Waals surface area contributed by atoms with Crippen molar-refractivity contribution in [1.82, 2.24) is 4.57 Å². The van der Waals surface area contributed by atoms with E-state index in [2.05, 4.69) is 118 Å². The fourth-order valence-electron chi connectivity index (χ4n) is 6.39. The summed E-state index contributed by atoms with van der Waals surface area (Å²) in [4.78, 5) is 0. The van der Waals surface area contributed by atoms with E-state index in [0.29, 0.717) is 5.02 Å². The van der Waals surface area contributed by atoms with Crippen LogP contribution in [0, 0.1) is 0 Å². The third kappa shape index (κ3) is 3.42. The lowest BCUT2D eigenvalue weighted by atomic mass is 9.97. The molecule has 0 unspecified atom stereocenters. The van der Waals surface area contributed by atoms with Crippen molar-refractivity contribution < 1.29 is 4.42 Å². The van der Waals surface area contributed by atoms with Crippen LogP contribution in [0.2, 0.25) is 5.02 Å². The number of aromatic nitrogens is 1. The normalized spacial score (nSPS) is 12.1. The van der Waals surface area contributed by atoms with Gasteiger partial charge in [0.1, 0.15) is 11.2 Å². The number of thiophene rings is 1. The van der Waals surface area contributed by atoms with Crippen LogP contribution in [0.15, 0.2) is 124 Å². The van der Waals surface area contributed by atoms with Crippen LogP contribution in [0.4, 0.5) is 0 Å². The molecule has 0 amide bonds. The number of fused-ring (bicyclic) bond motifs is 10. The number of nitrogens with zero attached hydrogens (tertiary/aromatic N) is 1. The van der Waals surface area contributed by atoms with Gasteiger partial charge in [0.05, 0.1) is 15.7 Å². The molecule has 0 spiro atoms. The molecule has 0 saturated carbocycles. The highest BCUT2D eigenvalue weighted by atomic mass is 79.9. The standard InChI is InChI=1S/C36H19BrClNOS/c37-21-15-20(16-22(38)17-21)28-19-29-24-7-1-4-10-30(24)39(35(29)36-34(28)27-9-3-6-12-33(27)41-36)23-13-14-26-25-8-2-5-11-31(25)40-32(26)18-23/h1-19H. The zero-order chi connectivity index (χ0) is 27.2. The Morgan fingerprint density at radius 2 is 1.41 bits per heavy atom. The van der Waals surface area contributed by atoms with Gasteiger partial charge in [-0.15, -0.1) is 11.3 Å². The van der Waals surface area contributed by atoms with Gasteiger partial charge in [0.25, 0.3) is 0 Å². The molecule has 0 fully saturated rings. The molecule has 0 aliphatic heterocycles. The highest BCUT2D eigenvalue weighted by Crippen LogP contribution is 2.48. The minimum atomic E-state index is 0.712. The average Bonchev–Trinajstić information content (AvgIpc) is 3.65.